The highest BCUT2D eigenvalue weighted by Gasteiger charge is 2.14. The maximum Gasteiger partial charge on any atom is 0.337 e. The Balaban J connectivity index is 2.79. The van der Waals surface area contributed by atoms with Gasteiger partial charge < -0.3 is 15.4 Å². The Kier molecular flexibility index (Phi) is 3.12. The summed E-state index contributed by atoms with van der Waals surface area (Å²) in [5, 5.41) is 9.26. The van der Waals surface area contributed by atoms with Gasteiger partial charge in [0.05, 0.1) is 11.3 Å². The number of nitrogen functional groups attached to an aromatic ring is 1. The number of carboxylic acid groups (broad SMARTS) is 1. The molecule has 0 atom stereocenters. The molecule has 0 spiro atoms. The van der Waals surface area contributed by atoms with Crippen molar-refractivity contribution in [2.24, 2.45) is 0 Å². The van der Waals surface area contributed by atoms with Gasteiger partial charge in [0.1, 0.15) is 0 Å². The molecule has 5 nitrogen and oxygen atoms in total. The Bertz CT molecular complexity index is 691. The molecule has 2 aromatic rings. The van der Waals surface area contributed by atoms with Gasteiger partial charge in [-0.05, 0) is 32.0 Å². The van der Waals surface area contributed by atoms with Crippen LogP contribution in [-0.4, -0.2) is 15.6 Å². The number of pyridine rings is 1. The van der Waals surface area contributed by atoms with Gasteiger partial charge in [0, 0.05) is 29.2 Å². The van der Waals surface area contributed by atoms with Crippen molar-refractivity contribution in [2.45, 2.75) is 13.8 Å². The quantitative estimate of drug-likeness (QED) is 0.803. The van der Waals surface area contributed by atoms with Crippen LogP contribution in [0.5, 0.6) is 0 Å². The van der Waals surface area contributed by atoms with Gasteiger partial charge in [-0.15, -0.1) is 0 Å². The predicted octanol–water partition coefficient (Wildman–Crippen LogP) is 1.73. The summed E-state index contributed by atoms with van der Waals surface area (Å²) in [7, 11) is 0. The molecular formula is C14H14N2O3. The van der Waals surface area contributed by atoms with Gasteiger partial charge in [0.2, 0.25) is 0 Å². The highest BCUT2D eigenvalue weighted by Crippen LogP contribution is 2.21. The average molecular weight is 258 g/mol. The van der Waals surface area contributed by atoms with E-state index >= 15 is 0 Å². The monoisotopic (exact) mass is 258 g/mol. The standard InChI is InChI=1S/C14H14N2O3/c1-8-5-11(17)6-9(2)16(8)13-4-3-10(15)7-12(13)14(18)19/h3-7H,15H2,1-2H3,(H,18,19). The number of hydrogen-bond acceptors (Lipinski definition) is 3. The van der Waals surface area contributed by atoms with Crippen molar-refractivity contribution in [1.29, 1.82) is 0 Å². The van der Waals surface area contributed by atoms with Crippen molar-refractivity contribution in [3.8, 4) is 5.69 Å². The highest BCUT2D eigenvalue weighted by molar-refractivity contribution is 5.93. The van der Waals surface area contributed by atoms with Gasteiger partial charge in [-0.2, -0.15) is 0 Å². The van der Waals surface area contributed by atoms with E-state index in [0.29, 0.717) is 22.8 Å². The van der Waals surface area contributed by atoms with E-state index in [1.165, 1.54) is 18.2 Å². The second kappa shape index (κ2) is 4.61. The van der Waals surface area contributed by atoms with Gasteiger partial charge in [-0.25, -0.2) is 4.79 Å². The minimum absolute atomic E-state index is 0.0985. The first-order valence-electron chi connectivity index (χ1n) is 5.73. The zero-order chi connectivity index (χ0) is 14.2. The maximum atomic E-state index is 11.4. The smallest absolute Gasteiger partial charge is 0.337 e. The first-order valence-corrected chi connectivity index (χ1v) is 5.73. The van der Waals surface area contributed by atoms with Gasteiger partial charge in [0.15, 0.2) is 5.43 Å². The third-order valence-electron chi connectivity index (χ3n) is 2.90. The SMILES string of the molecule is Cc1cc(=O)cc(C)n1-c1ccc(N)cc1C(=O)O. The van der Waals surface area contributed by atoms with E-state index in [1.807, 2.05) is 0 Å². The van der Waals surface area contributed by atoms with E-state index in [2.05, 4.69) is 0 Å². The van der Waals surface area contributed by atoms with Crippen molar-refractivity contribution in [1.82, 2.24) is 4.57 Å². The lowest BCUT2D eigenvalue weighted by Gasteiger charge is -2.16. The maximum absolute atomic E-state index is 11.4. The normalized spacial score (nSPS) is 10.4. The summed E-state index contributed by atoms with van der Waals surface area (Å²) in [4.78, 5) is 22.7. The van der Waals surface area contributed by atoms with Crippen LogP contribution in [0.4, 0.5) is 5.69 Å². The second-order valence-corrected chi connectivity index (χ2v) is 4.39. The fourth-order valence-corrected chi connectivity index (χ4v) is 2.16. The summed E-state index contributed by atoms with van der Waals surface area (Å²) in [6.07, 6.45) is 0. The molecule has 0 radical (unpaired) electrons. The molecule has 0 saturated carbocycles. The highest BCUT2D eigenvalue weighted by atomic mass is 16.4. The van der Waals surface area contributed by atoms with Crippen LogP contribution in [0.2, 0.25) is 0 Å². The Morgan fingerprint density at radius 2 is 1.74 bits per heavy atom. The molecule has 0 bridgehead atoms. The second-order valence-electron chi connectivity index (χ2n) is 4.39. The largest absolute Gasteiger partial charge is 0.478 e. The molecule has 0 aliphatic heterocycles. The number of benzene rings is 1. The van der Waals surface area contributed by atoms with Crippen molar-refractivity contribution in [3.63, 3.8) is 0 Å². The number of anilines is 1. The molecule has 98 valence electrons. The zero-order valence-electron chi connectivity index (χ0n) is 10.7. The third-order valence-corrected chi connectivity index (χ3v) is 2.90. The number of hydrogen-bond donors (Lipinski definition) is 2. The number of aromatic carboxylic acids is 1. The summed E-state index contributed by atoms with van der Waals surface area (Å²) in [6, 6.07) is 7.63. The van der Waals surface area contributed by atoms with Crippen molar-refractivity contribution in [3.05, 3.63) is 57.5 Å². The number of aryl methyl sites for hydroxylation is 2. The molecule has 0 aliphatic rings. The minimum atomic E-state index is -1.06. The van der Waals surface area contributed by atoms with Crippen LogP contribution in [0.1, 0.15) is 21.7 Å². The molecule has 3 N–H and O–H groups in total. The molecular weight excluding hydrogens is 244 g/mol. The average Bonchev–Trinajstić information content (AvgIpc) is 2.29. The Morgan fingerprint density at radius 1 is 1.16 bits per heavy atom. The molecule has 1 heterocycles. The number of nitrogens with two attached hydrogens (primary N) is 1. The zero-order valence-corrected chi connectivity index (χ0v) is 10.7. The van der Waals surface area contributed by atoms with E-state index < -0.39 is 5.97 Å². The first-order chi connectivity index (χ1) is 8.90. The molecule has 1 aromatic carbocycles. The van der Waals surface area contributed by atoms with Gasteiger partial charge in [-0.3, -0.25) is 4.79 Å². The summed E-state index contributed by atoms with van der Waals surface area (Å²) >= 11 is 0. The predicted molar refractivity (Wildman–Crippen MR) is 72.9 cm³/mol. The summed E-state index contributed by atoms with van der Waals surface area (Å²) in [5.74, 6) is -1.06. The van der Waals surface area contributed by atoms with E-state index in [0.717, 1.165) is 0 Å². The van der Waals surface area contributed by atoms with E-state index in [4.69, 9.17) is 5.73 Å². The van der Waals surface area contributed by atoms with Crippen molar-refractivity contribution in [2.75, 3.05) is 5.73 Å². The topological polar surface area (TPSA) is 85.3 Å². The summed E-state index contributed by atoms with van der Waals surface area (Å²) in [6.45, 7) is 3.52. The number of aromatic nitrogens is 1. The molecule has 19 heavy (non-hydrogen) atoms. The molecule has 0 amide bonds. The molecule has 0 saturated heterocycles. The van der Waals surface area contributed by atoms with Crippen LogP contribution in [-0.2, 0) is 0 Å². The van der Waals surface area contributed by atoms with Crippen LogP contribution >= 0.6 is 0 Å². The summed E-state index contributed by atoms with van der Waals surface area (Å²) in [5.41, 5.74) is 7.87. The molecule has 0 unspecified atom stereocenters. The number of carbonyl (C=O) groups is 1. The van der Waals surface area contributed by atoms with Crippen molar-refractivity contribution >= 4 is 11.7 Å². The number of rotatable bonds is 2. The van der Waals surface area contributed by atoms with Gasteiger partial charge in [0.25, 0.3) is 0 Å². The van der Waals surface area contributed by atoms with Crippen molar-refractivity contribution < 1.29 is 9.90 Å². The van der Waals surface area contributed by atoms with E-state index in [9.17, 15) is 14.7 Å². The molecule has 5 heteroatoms. The fraction of sp³-hybridized carbons (Fsp3) is 0.143. The Hall–Kier alpha value is -2.56. The lowest BCUT2D eigenvalue weighted by atomic mass is 10.1. The van der Waals surface area contributed by atoms with E-state index in [-0.39, 0.29) is 11.0 Å². The van der Waals surface area contributed by atoms with Crippen LogP contribution in [0.3, 0.4) is 0 Å². The van der Waals surface area contributed by atoms with E-state index in [1.54, 1.807) is 30.5 Å². The molecule has 1 aromatic heterocycles. The fourth-order valence-electron chi connectivity index (χ4n) is 2.16. The van der Waals surface area contributed by atoms with Gasteiger partial charge >= 0.3 is 5.97 Å². The number of carboxylic acids is 1. The first kappa shape index (κ1) is 12.9. The van der Waals surface area contributed by atoms with Gasteiger partial charge in [-0.1, -0.05) is 0 Å². The Labute approximate surface area is 109 Å². The Morgan fingerprint density at radius 3 is 2.26 bits per heavy atom. The minimum Gasteiger partial charge on any atom is -0.478 e. The van der Waals surface area contributed by atoms with Crippen LogP contribution in [0, 0.1) is 13.8 Å². The van der Waals surface area contributed by atoms with Crippen LogP contribution in [0.15, 0.2) is 35.1 Å². The molecule has 0 aliphatic carbocycles. The molecule has 0 fully saturated rings. The van der Waals surface area contributed by atoms with Crippen LogP contribution < -0.4 is 11.2 Å². The number of nitrogens with zero attached hydrogens (tertiary/aromatic N) is 1. The lowest BCUT2D eigenvalue weighted by molar-refractivity contribution is 0.0697. The lowest BCUT2D eigenvalue weighted by Crippen LogP contribution is -2.14. The van der Waals surface area contributed by atoms with Crippen LogP contribution in [0.25, 0.3) is 5.69 Å². The third kappa shape index (κ3) is 2.35. The summed E-state index contributed by atoms with van der Waals surface area (Å²) < 4.78 is 1.73. The molecule has 2 rings (SSSR count).